The van der Waals surface area contributed by atoms with Crippen molar-refractivity contribution in [1.82, 2.24) is 0 Å². The third-order valence-electron chi connectivity index (χ3n) is 2.38. The van der Waals surface area contributed by atoms with Crippen LogP contribution in [-0.2, 0) is 0 Å². The number of hydrogen-bond donors (Lipinski definition) is 2. The van der Waals surface area contributed by atoms with Crippen LogP contribution in [-0.4, -0.2) is 11.0 Å². The molecule has 98 valence electrons. The van der Waals surface area contributed by atoms with Gasteiger partial charge in [0.15, 0.2) is 0 Å². The van der Waals surface area contributed by atoms with E-state index in [9.17, 15) is 14.3 Å². The third kappa shape index (κ3) is 3.33. The summed E-state index contributed by atoms with van der Waals surface area (Å²) < 4.78 is 14.6. The van der Waals surface area contributed by atoms with Gasteiger partial charge in [-0.3, -0.25) is 4.79 Å². The summed E-state index contributed by atoms with van der Waals surface area (Å²) in [6, 6.07) is 8.41. The Bertz CT molecular complexity index is 647. The highest BCUT2D eigenvalue weighted by molar-refractivity contribution is 9.11. The molecule has 2 rings (SSSR count). The first kappa shape index (κ1) is 14.0. The van der Waals surface area contributed by atoms with Crippen LogP contribution in [0.3, 0.4) is 0 Å². The van der Waals surface area contributed by atoms with Crippen molar-refractivity contribution in [3.05, 3.63) is 56.7 Å². The van der Waals surface area contributed by atoms with E-state index < -0.39 is 11.7 Å². The lowest BCUT2D eigenvalue weighted by atomic mass is 10.1. The van der Waals surface area contributed by atoms with Gasteiger partial charge in [-0.15, -0.1) is 0 Å². The number of nitrogens with one attached hydrogen (secondary N) is 1. The van der Waals surface area contributed by atoms with Gasteiger partial charge in [0.2, 0.25) is 0 Å². The summed E-state index contributed by atoms with van der Waals surface area (Å²) in [5, 5.41) is 12.1. The Morgan fingerprint density at radius 3 is 2.58 bits per heavy atom. The first-order chi connectivity index (χ1) is 8.97. The predicted molar refractivity (Wildman–Crippen MR) is 77.9 cm³/mol. The van der Waals surface area contributed by atoms with Crippen molar-refractivity contribution in [3.8, 4) is 5.75 Å². The van der Waals surface area contributed by atoms with Gasteiger partial charge in [0, 0.05) is 8.95 Å². The molecular weight excluding hydrogens is 381 g/mol. The highest BCUT2D eigenvalue weighted by atomic mass is 79.9. The number of rotatable bonds is 2. The highest BCUT2D eigenvalue weighted by Crippen LogP contribution is 2.27. The monoisotopic (exact) mass is 387 g/mol. The van der Waals surface area contributed by atoms with Crippen molar-refractivity contribution >= 4 is 43.5 Å². The van der Waals surface area contributed by atoms with Gasteiger partial charge in [0.05, 0.1) is 11.3 Å². The van der Waals surface area contributed by atoms with Crippen LogP contribution in [0.4, 0.5) is 10.1 Å². The van der Waals surface area contributed by atoms with Crippen molar-refractivity contribution in [2.45, 2.75) is 0 Å². The fourth-order valence-electron chi connectivity index (χ4n) is 1.47. The number of phenolic OH excluding ortho intramolecular Hbond substituents is 1. The second-order valence-corrected chi connectivity index (χ2v) is 5.51. The molecule has 0 aliphatic heterocycles. The quantitative estimate of drug-likeness (QED) is 0.805. The van der Waals surface area contributed by atoms with Crippen molar-refractivity contribution in [3.63, 3.8) is 0 Å². The third-order valence-corrected chi connectivity index (χ3v) is 3.53. The smallest absolute Gasteiger partial charge is 0.259 e. The van der Waals surface area contributed by atoms with E-state index >= 15 is 0 Å². The lowest BCUT2D eigenvalue weighted by Gasteiger charge is -2.09. The molecular formula is C13H8Br2FNO2. The van der Waals surface area contributed by atoms with Crippen molar-refractivity contribution < 1.29 is 14.3 Å². The molecule has 0 spiro atoms. The zero-order valence-electron chi connectivity index (χ0n) is 9.45. The molecule has 2 N–H and O–H groups in total. The fourth-order valence-corrected chi connectivity index (χ4v) is 2.62. The van der Waals surface area contributed by atoms with Crippen LogP contribution in [0.2, 0.25) is 0 Å². The lowest BCUT2D eigenvalue weighted by molar-refractivity contribution is 0.102. The number of aromatic hydroxyl groups is 1. The second kappa shape index (κ2) is 5.71. The number of carbonyl (C=O) groups is 1. The maximum Gasteiger partial charge on any atom is 0.259 e. The molecule has 0 saturated carbocycles. The van der Waals surface area contributed by atoms with Crippen LogP contribution in [0.15, 0.2) is 45.3 Å². The van der Waals surface area contributed by atoms with E-state index in [2.05, 4.69) is 37.2 Å². The molecule has 0 saturated heterocycles. The average molecular weight is 389 g/mol. The first-order valence-electron chi connectivity index (χ1n) is 5.22. The maximum atomic E-state index is 13.1. The number of phenols is 1. The van der Waals surface area contributed by atoms with Gasteiger partial charge in [-0.05, 0) is 52.3 Å². The molecule has 0 aromatic heterocycles. The minimum atomic E-state index is -0.585. The standard InChI is InChI=1S/C13H8Br2FNO2/c14-7-1-3-11(10(15)5-7)17-13(19)9-6-8(16)2-4-12(9)18/h1-6,18H,(H,17,19). The Labute approximate surface area is 125 Å². The number of amides is 1. The van der Waals surface area contributed by atoms with E-state index in [-0.39, 0.29) is 11.3 Å². The summed E-state index contributed by atoms with van der Waals surface area (Å²) in [6.45, 7) is 0. The SMILES string of the molecule is O=C(Nc1ccc(Br)cc1Br)c1cc(F)ccc1O. The van der Waals surface area contributed by atoms with Gasteiger partial charge >= 0.3 is 0 Å². The molecule has 0 unspecified atom stereocenters. The molecule has 2 aromatic carbocycles. The Balaban J connectivity index is 2.28. The van der Waals surface area contributed by atoms with Gasteiger partial charge in [-0.25, -0.2) is 4.39 Å². The number of carbonyl (C=O) groups excluding carboxylic acids is 1. The normalized spacial score (nSPS) is 10.3. The van der Waals surface area contributed by atoms with Crippen LogP contribution in [0, 0.1) is 5.82 Å². The van der Waals surface area contributed by atoms with Crippen molar-refractivity contribution in [1.29, 1.82) is 0 Å². The molecule has 0 atom stereocenters. The van der Waals surface area contributed by atoms with E-state index in [1.165, 1.54) is 0 Å². The van der Waals surface area contributed by atoms with E-state index in [4.69, 9.17) is 0 Å². The van der Waals surface area contributed by atoms with Crippen molar-refractivity contribution in [2.75, 3.05) is 5.32 Å². The van der Waals surface area contributed by atoms with Crippen LogP contribution >= 0.6 is 31.9 Å². The van der Waals surface area contributed by atoms with Crippen LogP contribution in [0.1, 0.15) is 10.4 Å². The molecule has 0 fully saturated rings. The molecule has 0 aliphatic carbocycles. The van der Waals surface area contributed by atoms with Crippen LogP contribution in [0.5, 0.6) is 5.75 Å². The second-order valence-electron chi connectivity index (χ2n) is 3.74. The van der Waals surface area contributed by atoms with E-state index in [0.29, 0.717) is 10.2 Å². The first-order valence-corrected chi connectivity index (χ1v) is 6.81. The summed E-state index contributed by atoms with van der Waals surface area (Å²) >= 11 is 6.60. The Morgan fingerprint density at radius 1 is 1.16 bits per heavy atom. The van der Waals surface area contributed by atoms with Gasteiger partial charge in [0.1, 0.15) is 11.6 Å². The summed E-state index contributed by atoms with van der Waals surface area (Å²) in [7, 11) is 0. The number of benzene rings is 2. The van der Waals surface area contributed by atoms with E-state index in [0.717, 1.165) is 22.7 Å². The summed E-state index contributed by atoms with van der Waals surface area (Å²) in [5.41, 5.74) is 0.409. The van der Waals surface area contributed by atoms with Crippen LogP contribution < -0.4 is 5.32 Å². The molecule has 0 heterocycles. The molecule has 6 heteroatoms. The summed E-state index contributed by atoms with van der Waals surface area (Å²) in [4.78, 5) is 12.0. The largest absolute Gasteiger partial charge is 0.507 e. The van der Waals surface area contributed by atoms with E-state index in [1.807, 2.05) is 0 Å². The minimum Gasteiger partial charge on any atom is -0.507 e. The molecule has 19 heavy (non-hydrogen) atoms. The number of anilines is 1. The average Bonchev–Trinajstić information content (AvgIpc) is 2.35. The van der Waals surface area contributed by atoms with Gasteiger partial charge in [-0.2, -0.15) is 0 Å². The molecule has 0 radical (unpaired) electrons. The maximum absolute atomic E-state index is 13.1. The van der Waals surface area contributed by atoms with Crippen molar-refractivity contribution in [2.24, 2.45) is 0 Å². The molecule has 0 aliphatic rings. The predicted octanol–water partition coefficient (Wildman–Crippen LogP) is 4.31. The van der Waals surface area contributed by atoms with Gasteiger partial charge in [0.25, 0.3) is 5.91 Å². The zero-order valence-corrected chi connectivity index (χ0v) is 12.6. The highest BCUT2D eigenvalue weighted by Gasteiger charge is 2.13. The Hall–Kier alpha value is -1.40. The minimum absolute atomic E-state index is 0.116. The zero-order chi connectivity index (χ0) is 14.0. The number of hydrogen-bond acceptors (Lipinski definition) is 2. The fraction of sp³-hybridized carbons (Fsp3) is 0. The molecule has 2 aromatic rings. The lowest BCUT2D eigenvalue weighted by Crippen LogP contribution is -2.12. The summed E-state index contributed by atoms with van der Waals surface area (Å²) in [6.07, 6.45) is 0. The molecule has 1 amide bonds. The Kier molecular flexibility index (Phi) is 4.21. The topological polar surface area (TPSA) is 49.3 Å². The molecule has 3 nitrogen and oxygen atoms in total. The summed E-state index contributed by atoms with van der Waals surface area (Å²) in [5.74, 6) is -1.44. The van der Waals surface area contributed by atoms with E-state index in [1.54, 1.807) is 18.2 Å². The van der Waals surface area contributed by atoms with Gasteiger partial charge < -0.3 is 10.4 Å². The number of halogens is 3. The molecule has 0 bridgehead atoms. The Morgan fingerprint density at radius 2 is 1.89 bits per heavy atom. The van der Waals surface area contributed by atoms with Gasteiger partial charge in [-0.1, -0.05) is 15.9 Å². The van der Waals surface area contributed by atoms with Crippen LogP contribution in [0.25, 0.3) is 0 Å².